The first kappa shape index (κ1) is 16.5. The van der Waals surface area contributed by atoms with Crippen LogP contribution in [0.25, 0.3) is 0 Å². The molecule has 1 aliphatic carbocycles. The molecular weight excluding hydrogens is 340 g/mol. The minimum Gasteiger partial charge on any atom is -0.493 e. The van der Waals surface area contributed by atoms with Crippen molar-refractivity contribution >= 4 is 11.9 Å². The van der Waals surface area contributed by atoms with Gasteiger partial charge in [-0.2, -0.15) is 0 Å². The Balaban J connectivity index is 1.17. The lowest BCUT2D eigenvalue weighted by Gasteiger charge is -2.17. The Kier molecular flexibility index (Phi) is 4.19. The second-order valence-corrected chi connectivity index (χ2v) is 7.77. The number of rotatable bonds is 5. The van der Waals surface area contributed by atoms with Crippen molar-refractivity contribution in [2.45, 2.75) is 44.1 Å². The number of hydrogen-bond donors (Lipinski definition) is 1. The summed E-state index contributed by atoms with van der Waals surface area (Å²) in [6, 6.07) is 8.25. The molecule has 27 heavy (non-hydrogen) atoms. The third-order valence-electron chi connectivity index (χ3n) is 5.61. The second-order valence-electron chi connectivity index (χ2n) is 7.77. The highest BCUT2D eigenvalue weighted by Crippen LogP contribution is 2.39. The first-order valence-electron chi connectivity index (χ1n) is 9.86. The Morgan fingerprint density at radius 1 is 1.26 bits per heavy atom. The van der Waals surface area contributed by atoms with Gasteiger partial charge in [-0.05, 0) is 42.5 Å². The lowest BCUT2D eigenvalue weighted by molar-refractivity contribution is -0.121. The second kappa shape index (κ2) is 6.83. The van der Waals surface area contributed by atoms with Crippen LogP contribution in [0.5, 0.6) is 5.75 Å². The van der Waals surface area contributed by atoms with Crippen molar-refractivity contribution in [3.05, 3.63) is 47.3 Å². The number of nitrogens with zero attached hydrogens (tertiary/aromatic N) is 3. The summed E-state index contributed by atoms with van der Waals surface area (Å²) in [6.45, 7) is 2.40. The minimum atomic E-state index is 0.0772. The summed E-state index contributed by atoms with van der Waals surface area (Å²) < 4.78 is 5.53. The summed E-state index contributed by atoms with van der Waals surface area (Å²) in [5.74, 6) is 2.46. The van der Waals surface area contributed by atoms with E-state index in [1.165, 1.54) is 18.4 Å². The topological polar surface area (TPSA) is 67.3 Å². The largest absolute Gasteiger partial charge is 0.493 e. The van der Waals surface area contributed by atoms with Crippen LogP contribution in [0.3, 0.4) is 0 Å². The van der Waals surface area contributed by atoms with Crippen molar-refractivity contribution in [1.29, 1.82) is 0 Å². The highest BCUT2D eigenvalue weighted by Gasteiger charge is 2.29. The Hall–Kier alpha value is -2.63. The summed E-state index contributed by atoms with van der Waals surface area (Å²) in [7, 11) is 0. The highest BCUT2D eigenvalue weighted by atomic mass is 16.5. The first-order valence-corrected chi connectivity index (χ1v) is 9.86. The van der Waals surface area contributed by atoms with Crippen LogP contribution in [0.15, 0.2) is 30.5 Å². The zero-order chi connectivity index (χ0) is 18.2. The third kappa shape index (κ3) is 3.61. The van der Waals surface area contributed by atoms with Crippen LogP contribution in [0, 0.1) is 0 Å². The van der Waals surface area contributed by atoms with E-state index in [9.17, 15) is 4.79 Å². The molecule has 1 saturated heterocycles. The van der Waals surface area contributed by atoms with Crippen molar-refractivity contribution in [2.24, 2.45) is 0 Å². The maximum atomic E-state index is 12.5. The summed E-state index contributed by atoms with van der Waals surface area (Å²) in [4.78, 5) is 23.8. The minimum absolute atomic E-state index is 0.0772. The van der Waals surface area contributed by atoms with Crippen LogP contribution < -0.4 is 15.0 Å². The van der Waals surface area contributed by atoms with Gasteiger partial charge in [-0.25, -0.2) is 9.97 Å². The van der Waals surface area contributed by atoms with Crippen LogP contribution in [0.2, 0.25) is 0 Å². The molecule has 0 radical (unpaired) electrons. The number of hydrogen-bond acceptors (Lipinski definition) is 5. The predicted octanol–water partition coefficient (Wildman–Crippen LogP) is 2.23. The number of nitrogens with one attached hydrogen (secondary N) is 1. The standard InChI is InChI=1S/C21H24N4O2/c26-20(12-14-1-4-19-16(11-14)7-10-27-19)23-17-6-9-25(13-17)21-22-8-5-18(24-21)15-2-3-15/h1,4-5,8,11,15,17H,2-3,6-7,9-10,12-13H2,(H,23,26). The molecule has 2 aliphatic heterocycles. The van der Waals surface area contributed by atoms with Gasteiger partial charge < -0.3 is 15.0 Å². The zero-order valence-corrected chi connectivity index (χ0v) is 15.4. The van der Waals surface area contributed by atoms with Crippen LogP contribution >= 0.6 is 0 Å². The number of anilines is 1. The van der Waals surface area contributed by atoms with E-state index in [4.69, 9.17) is 9.72 Å². The molecule has 0 bridgehead atoms. The molecule has 6 nitrogen and oxygen atoms in total. The maximum Gasteiger partial charge on any atom is 0.225 e. The SMILES string of the molecule is O=C(Cc1ccc2c(c1)CCO2)NC1CCN(c2nccc(C3CC3)n2)C1. The van der Waals surface area contributed by atoms with E-state index < -0.39 is 0 Å². The normalized spacial score (nSPS) is 21.0. The van der Waals surface area contributed by atoms with Gasteiger partial charge in [0.05, 0.1) is 13.0 Å². The number of benzene rings is 1. The Bertz CT molecular complexity index is 865. The van der Waals surface area contributed by atoms with Crippen molar-refractivity contribution in [3.63, 3.8) is 0 Å². The molecule has 0 spiro atoms. The summed E-state index contributed by atoms with van der Waals surface area (Å²) >= 11 is 0. The van der Waals surface area contributed by atoms with E-state index in [2.05, 4.69) is 21.3 Å². The smallest absolute Gasteiger partial charge is 0.225 e. The molecule has 2 fully saturated rings. The van der Waals surface area contributed by atoms with E-state index in [1.807, 2.05) is 24.4 Å². The molecule has 3 heterocycles. The van der Waals surface area contributed by atoms with Gasteiger partial charge in [0.2, 0.25) is 11.9 Å². The highest BCUT2D eigenvalue weighted by molar-refractivity contribution is 5.79. The average Bonchev–Trinajstić information content (AvgIpc) is 3.25. The van der Waals surface area contributed by atoms with Gasteiger partial charge in [0.25, 0.3) is 0 Å². The molecule has 1 unspecified atom stereocenters. The van der Waals surface area contributed by atoms with Crippen molar-refractivity contribution in [1.82, 2.24) is 15.3 Å². The van der Waals surface area contributed by atoms with E-state index in [-0.39, 0.29) is 11.9 Å². The number of amides is 1. The number of ether oxygens (including phenoxy) is 1. The van der Waals surface area contributed by atoms with Crippen LogP contribution in [0.4, 0.5) is 5.95 Å². The molecular formula is C21H24N4O2. The van der Waals surface area contributed by atoms with E-state index >= 15 is 0 Å². The maximum absolute atomic E-state index is 12.5. The van der Waals surface area contributed by atoms with Gasteiger partial charge in [0.1, 0.15) is 5.75 Å². The Labute approximate surface area is 159 Å². The number of aromatic nitrogens is 2. The number of carbonyl (C=O) groups excluding carboxylic acids is 1. The Morgan fingerprint density at radius 3 is 3.07 bits per heavy atom. The molecule has 2 aromatic rings. The van der Waals surface area contributed by atoms with Gasteiger partial charge in [-0.3, -0.25) is 4.79 Å². The number of carbonyl (C=O) groups is 1. The molecule has 1 amide bonds. The fraction of sp³-hybridized carbons (Fsp3) is 0.476. The Morgan fingerprint density at radius 2 is 2.19 bits per heavy atom. The predicted molar refractivity (Wildman–Crippen MR) is 102 cm³/mol. The quantitative estimate of drug-likeness (QED) is 0.881. The van der Waals surface area contributed by atoms with Gasteiger partial charge in [-0.15, -0.1) is 0 Å². The molecule has 6 heteroatoms. The van der Waals surface area contributed by atoms with Crippen LogP contribution in [-0.4, -0.2) is 41.6 Å². The lowest BCUT2D eigenvalue weighted by atomic mass is 10.1. The van der Waals surface area contributed by atoms with Crippen molar-refractivity contribution in [3.8, 4) is 5.75 Å². The molecule has 1 N–H and O–H groups in total. The monoisotopic (exact) mass is 364 g/mol. The molecule has 1 aromatic carbocycles. The van der Waals surface area contributed by atoms with E-state index in [0.29, 0.717) is 12.3 Å². The van der Waals surface area contributed by atoms with Gasteiger partial charge in [-0.1, -0.05) is 12.1 Å². The van der Waals surface area contributed by atoms with E-state index in [1.54, 1.807) is 0 Å². The molecule has 3 aliphatic rings. The fourth-order valence-electron chi connectivity index (χ4n) is 3.99. The molecule has 1 saturated carbocycles. The van der Waals surface area contributed by atoms with Gasteiger partial charge in [0, 0.05) is 43.4 Å². The van der Waals surface area contributed by atoms with Gasteiger partial charge in [0.15, 0.2) is 0 Å². The third-order valence-corrected chi connectivity index (χ3v) is 5.61. The summed E-state index contributed by atoms with van der Waals surface area (Å²) in [5.41, 5.74) is 3.42. The van der Waals surface area contributed by atoms with Gasteiger partial charge >= 0.3 is 0 Å². The summed E-state index contributed by atoms with van der Waals surface area (Å²) in [5, 5.41) is 3.18. The van der Waals surface area contributed by atoms with Crippen molar-refractivity contribution in [2.75, 3.05) is 24.6 Å². The summed E-state index contributed by atoms with van der Waals surface area (Å²) in [6.07, 6.45) is 6.62. The van der Waals surface area contributed by atoms with Crippen molar-refractivity contribution < 1.29 is 9.53 Å². The molecule has 140 valence electrons. The molecule has 1 atom stereocenters. The number of fused-ring (bicyclic) bond motifs is 1. The lowest BCUT2D eigenvalue weighted by Crippen LogP contribution is -2.38. The average molecular weight is 364 g/mol. The molecule has 1 aromatic heterocycles. The van der Waals surface area contributed by atoms with Crippen LogP contribution in [0.1, 0.15) is 42.0 Å². The molecule has 5 rings (SSSR count). The van der Waals surface area contributed by atoms with E-state index in [0.717, 1.165) is 55.5 Å². The zero-order valence-electron chi connectivity index (χ0n) is 15.4. The fourth-order valence-corrected chi connectivity index (χ4v) is 3.99. The first-order chi connectivity index (χ1) is 13.2. The van der Waals surface area contributed by atoms with Crippen LogP contribution in [-0.2, 0) is 17.6 Å².